The molecule has 0 rings (SSSR count). The van der Waals surface area contributed by atoms with Gasteiger partial charge in [0, 0.05) is 25.1 Å². The lowest BCUT2D eigenvalue weighted by molar-refractivity contribution is -0.127. The fourth-order valence-corrected chi connectivity index (χ4v) is 0.976. The third-order valence-electron chi connectivity index (χ3n) is 0.597. The number of carbonyl (C=O) groups is 2. The minimum Gasteiger partial charge on any atom is -0.273 e. The van der Waals surface area contributed by atoms with Gasteiger partial charge in [0.2, 0.25) is 11.8 Å². The molecule has 0 fully saturated rings. The summed E-state index contributed by atoms with van der Waals surface area (Å²) in [6.45, 7) is -1.75. The first-order valence-corrected chi connectivity index (χ1v) is 5.48. The molecule has 0 bridgehead atoms. The van der Waals surface area contributed by atoms with E-state index in [0.717, 1.165) is 13.8 Å². The summed E-state index contributed by atoms with van der Waals surface area (Å²) in [7, 11) is 0. The second-order valence-corrected chi connectivity index (χ2v) is 4.40. The molecule has 76 valence electrons. The molecule has 13 heavy (non-hydrogen) atoms. The quantitative estimate of drug-likeness (QED) is 0.541. The van der Waals surface area contributed by atoms with Crippen LogP contribution in [0, 0.1) is 0 Å². The highest BCUT2D eigenvalue weighted by Crippen LogP contribution is 2.51. The van der Waals surface area contributed by atoms with Gasteiger partial charge >= 0.3 is 6.95 Å². The zero-order chi connectivity index (χ0) is 10.5. The van der Waals surface area contributed by atoms with Crippen molar-refractivity contribution in [2.75, 3.05) is 0 Å². The average Bonchev–Trinajstić information content (AvgIpc) is 1.98. The third kappa shape index (κ3) is 7.73. The van der Waals surface area contributed by atoms with Gasteiger partial charge < -0.3 is 0 Å². The number of rotatable bonds is 4. The van der Waals surface area contributed by atoms with E-state index in [4.69, 9.17) is 11.2 Å². The van der Waals surface area contributed by atoms with Crippen LogP contribution in [0.3, 0.4) is 0 Å². The Bertz CT molecular complexity index is 235. The van der Waals surface area contributed by atoms with Gasteiger partial charge in [-0.25, -0.2) is 15.5 Å². The number of halogens is 1. The van der Waals surface area contributed by atoms with Crippen molar-refractivity contribution < 1.29 is 23.4 Å². The van der Waals surface area contributed by atoms with Gasteiger partial charge in [-0.2, -0.15) is 9.25 Å². The molecule has 0 saturated carbocycles. The summed E-state index contributed by atoms with van der Waals surface area (Å²) in [6, 6.07) is 0. The molecule has 7 nitrogen and oxygen atoms in total. The molecule has 0 radical (unpaired) electrons. The fourth-order valence-electron chi connectivity index (χ4n) is 0.256. The van der Waals surface area contributed by atoms with Gasteiger partial charge in [-0.1, -0.05) is 0 Å². The minimum absolute atomic E-state index is 0.604. The summed E-state index contributed by atoms with van der Waals surface area (Å²) in [4.78, 5) is 20.5. The molecule has 0 unspecified atom stereocenters. The highest BCUT2D eigenvalue weighted by atomic mass is 35.7. The van der Waals surface area contributed by atoms with Crippen LogP contribution in [0.25, 0.3) is 0 Å². The Balaban J connectivity index is 3.87. The van der Waals surface area contributed by atoms with Crippen molar-refractivity contribution in [2.24, 2.45) is 0 Å². The maximum absolute atomic E-state index is 10.9. The molecule has 0 aliphatic rings. The Hall–Kier alpha value is -0.620. The fraction of sp³-hybridized carbons (Fsp3) is 0.500. The van der Waals surface area contributed by atoms with Crippen LogP contribution in [0.2, 0.25) is 0 Å². The number of hydrogen-bond acceptors (Lipinski definition) is 5. The Kier molecular flexibility index (Phi) is 4.94. The van der Waals surface area contributed by atoms with Gasteiger partial charge in [-0.15, -0.1) is 0 Å². The van der Waals surface area contributed by atoms with Crippen molar-refractivity contribution in [3.63, 3.8) is 0 Å². The molecule has 0 spiro atoms. The minimum atomic E-state index is -3.99. The molecule has 0 aromatic carbocycles. The number of hydrogen-bond donors (Lipinski definition) is 2. The monoisotopic (exact) mass is 230 g/mol. The normalized spacial score (nSPS) is 10.7. The number of hydroxylamine groups is 2. The molecular weight excluding hydrogens is 222 g/mol. The summed E-state index contributed by atoms with van der Waals surface area (Å²) >= 11 is 5.11. The number of carbonyl (C=O) groups excluding carboxylic acids is 2. The van der Waals surface area contributed by atoms with E-state index in [2.05, 4.69) is 9.25 Å². The number of nitrogens with one attached hydrogen (secondary N) is 2. The van der Waals surface area contributed by atoms with Crippen LogP contribution in [0.1, 0.15) is 13.8 Å². The second kappa shape index (κ2) is 5.18. The van der Waals surface area contributed by atoms with Crippen LogP contribution in [0.15, 0.2) is 0 Å². The van der Waals surface area contributed by atoms with Crippen LogP contribution in [-0.4, -0.2) is 11.8 Å². The summed E-state index contributed by atoms with van der Waals surface area (Å²) in [5, 5.41) is 0. The van der Waals surface area contributed by atoms with Crippen LogP contribution >= 0.6 is 18.2 Å². The summed E-state index contributed by atoms with van der Waals surface area (Å²) in [5.74, 6) is -1.21. The lowest BCUT2D eigenvalue weighted by Gasteiger charge is -2.09. The second-order valence-electron chi connectivity index (χ2n) is 1.93. The molecule has 2 N–H and O–H groups in total. The van der Waals surface area contributed by atoms with Crippen LogP contribution in [0.5, 0.6) is 0 Å². The van der Waals surface area contributed by atoms with E-state index in [1.165, 1.54) is 0 Å². The first-order valence-electron chi connectivity index (χ1n) is 3.03. The highest BCUT2D eigenvalue weighted by Gasteiger charge is 2.23. The van der Waals surface area contributed by atoms with Crippen LogP contribution in [-0.2, 0) is 23.4 Å². The Morgan fingerprint density at radius 3 is 1.69 bits per heavy atom. The van der Waals surface area contributed by atoms with Crippen molar-refractivity contribution in [3.8, 4) is 0 Å². The molecule has 0 saturated heterocycles. The van der Waals surface area contributed by atoms with Crippen molar-refractivity contribution >= 4 is 30.0 Å². The lowest BCUT2D eigenvalue weighted by atomic mass is 10.8. The predicted molar refractivity (Wildman–Crippen MR) is 43.3 cm³/mol. The maximum atomic E-state index is 10.9. The molecule has 0 atom stereocenters. The van der Waals surface area contributed by atoms with Crippen molar-refractivity contribution in [3.05, 3.63) is 0 Å². The molecule has 2 amide bonds. The van der Waals surface area contributed by atoms with Crippen molar-refractivity contribution in [2.45, 2.75) is 13.8 Å². The molecule has 0 heterocycles. The first kappa shape index (κ1) is 12.4. The van der Waals surface area contributed by atoms with Gasteiger partial charge in [0.25, 0.3) is 0 Å². The summed E-state index contributed by atoms with van der Waals surface area (Å²) < 4.78 is 19.2. The molecular formula is C4H8ClN2O5P. The largest absolute Gasteiger partial charge is 0.466 e. The highest BCUT2D eigenvalue weighted by molar-refractivity contribution is 7.81. The average molecular weight is 231 g/mol. The standard InChI is InChI=1S/C4H8ClN2O5P/c1-3(8)6-11-13(5,10)12-7-4(2)9/h1-2H3,(H,6,8)(H,7,9). The Morgan fingerprint density at radius 2 is 1.46 bits per heavy atom. The first-order chi connectivity index (χ1) is 5.83. The molecule has 9 heteroatoms. The SMILES string of the molecule is CC(=O)NOP(=O)(Cl)ONC(C)=O. The Morgan fingerprint density at radius 1 is 1.15 bits per heavy atom. The van der Waals surface area contributed by atoms with E-state index in [1.54, 1.807) is 11.0 Å². The lowest BCUT2D eigenvalue weighted by Crippen LogP contribution is -2.22. The predicted octanol–water partition coefficient (Wildman–Crippen LogP) is 0.469. The molecule has 0 aliphatic carbocycles. The zero-order valence-corrected chi connectivity index (χ0v) is 8.52. The van der Waals surface area contributed by atoms with Gasteiger partial charge in [-0.3, -0.25) is 9.59 Å². The van der Waals surface area contributed by atoms with Crippen LogP contribution < -0.4 is 11.0 Å². The van der Waals surface area contributed by atoms with Crippen LogP contribution in [0.4, 0.5) is 0 Å². The molecule has 0 aromatic rings. The zero-order valence-electron chi connectivity index (χ0n) is 6.87. The number of amides is 2. The van der Waals surface area contributed by atoms with E-state index in [9.17, 15) is 14.2 Å². The van der Waals surface area contributed by atoms with E-state index >= 15 is 0 Å². The smallest absolute Gasteiger partial charge is 0.273 e. The van der Waals surface area contributed by atoms with Crippen molar-refractivity contribution in [1.29, 1.82) is 0 Å². The van der Waals surface area contributed by atoms with Gasteiger partial charge in [0.15, 0.2) is 0 Å². The van der Waals surface area contributed by atoms with E-state index in [1.807, 2.05) is 0 Å². The Labute approximate surface area is 79.0 Å². The van der Waals surface area contributed by atoms with Crippen molar-refractivity contribution in [1.82, 2.24) is 11.0 Å². The van der Waals surface area contributed by atoms with Gasteiger partial charge in [-0.05, 0) is 0 Å². The summed E-state index contributed by atoms with van der Waals surface area (Å²) in [5.41, 5.74) is 3.40. The molecule has 0 aliphatic heterocycles. The third-order valence-corrected chi connectivity index (χ3v) is 1.63. The summed E-state index contributed by atoms with van der Waals surface area (Å²) in [6.07, 6.45) is 0. The maximum Gasteiger partial charge on any atom is 0.466 e. The van der Waals surface area contributed by atoms with Gasteiger partial charge in [0.05, 0.1) is 0 Å². The van der Waals surface area contributed by atoms with E-state index in [0.29, 0.717) is 0 Å². The van der Waals surface area contributed by atoms with E-state index in [-0.39, 0.29) is 0 Å². The van der Waals surface area contributed by atoms with E-state index < -0.39 is 18.8 Å². The van der Waals surface area contributed by atoms with Gasteiger partial charge in [0.1, 0.15) is 0 Å². The molecule has 0 aromatic heterocycles. The topological polar surface area (TPSA) is 93.7 Å².